The summed E-state index contributed by atoms with van der Waals surface area (Å²) >= 11 is 6.03. The maximum absolute atomic E-state index is 6.03. The first-order valence-electron chi connectivity index (χ1n) is 6.90. The zero-order valence-corrected chi connectivity index (χ0v) is 12.4. The van der Waals surface area contributed by atoms with E-state index in [1.165, 1.54) is 24.9 Å². The van der Waals surface area contributed by atoms with Gasteiger partial charge in [-0.05, 0) is 37.7 Å². The molecule has 2 nitrogen and oxygen atoms in total. The molecule has 2 rings (SSSR count). The van der Waals surface area contributed by atoms with Crippen LogP contribution >= 0.6 is 11.6 Å². The number of hydrogen-bond donors (Lipinski definition) is 0. The smallest absolute Gasteiger partial charge is 0.0509 e. The fourth-order valence-electron chi connectivity index (χ4n) is 2.94. The minimum absolute atomic E-state index is 0.501. The highest BCUT2D eigenvalue weighted by Gasteiger charge is 2.35. The lowest BCUT2D eigenvalue weighted by atomic mass is 9.82. The summed E-state index contributed by atoms with van der Waals surface area (Å²) in [5.74, 6) is 0.546. The Balaban J connectivity index is 2.26. The zero-order chi connectivity index (χ0) is 13.2. The van der Waals surface area contributed by atoms with Crippen LogP contribution in [0.2, 0.25) is 0 Å². The Morgan fingerprint density at radius 3 is 2.67 bits per heavy atom. The van der Waals surface area contributed by atoms with Crippen LogP contribution in [0.3, 0.4) is 0 Å². The Bertz CT molecular complexity index is 413. The van der Waals surface area contributed by atoms with E-state index < -0.39 is 0 Å². The number of aromatic nitrogens is 1. The van der Waals surface area contributed by atoms with Gasteiger partial charge in [-0.3, -0.25) is 4.98 Å². The maximum Gasteiger partial charge on any atom is 0.0509 e. The van der Waals surface area contributed by atoms with Gasteiger partial charge in [0, 0.05) is 36.2 Å². The highest BCUT2D eigenvalue weighted by molar-refractivity contribution is 6.17. The molecule has 0 N–H and O–H groups in total. The molecule has 1 aliphatic heterocycles. The van der Waals surface area contributed by atoms with Crippen LogP contribution in [0.15, 0.2) is 12.3 Å². The number of pyridine rings is 1. The fourth-order valence-corrected chi connectivity index (χ4v) is 3.14. The summed E-state index contributed by atoms with van der Waals surface area (Å²) in [5.41, 5.74) is 4.02. The van der Waals surface area contributed by atoms with E-state index >= 15 is 0 Å². The summed E-state index contributed by atoms with van der Waals surface area (Å²) in [6.45, 7) is 8.98. The molecule has 18 heavy (non-hydrogen) atoms. The number of nitrogens with zero attached hydrogens (tertiary/aromatic N) is 2. The van der Waals surface area contributed by atoms with Crippen LogP contribution in [0.4, 0.5) is 5.69 Å². The van der Waals surface area contributed by atoms with Gasteiger partial charge in [0.25, 0.3) is 0 Å². The average Bonchev–Trinajstić information content (AvgIpc) is 2.83. The van der Waals surface area contributed by atoms with Crippen molar-refractivity contribution < 1.29 is 0 Å². The summed E-state index contributed by atoms with van der Waals surface area (Å²) in [4.78, 5) is 6.85. The van der Waals surface area contributed by atoms with Gasteiger partial charge in [0.1, 0.15) is 0 Å². The van der Waals surface area contributed by atoms with Crippen molar-refractivity contribution in [2.75, 3.05) is 18.0 Å². The van der Waals surface area contributed by atoms with Crippen molar-refractivity contribution in [2.45, 2.75) is 45.9 Å². The van der Waals surface area contributed by atoms with Gasteiger partial charge in [-0.1, -0.05) is 13.8 Å². The molecule has 3 heteroatoms. The third-order valence-corrected chi connectivity index (χ3v) is 4.81. The summed E-state index contributed by atoms with van der Waals surface area (Å²) in [6.07, 6.45) is 5.75. The summed E-state index contributed by atoms with van der Waals surface area (Å²) in [6, 6.07) is 2.18. The molecule has 0 saturated carbocycles. The largest absolute Gasteiger partial charge is 0.371 e. The second kappa shape index (κ2) is 5.48. The number of halogens is 1. The number of hydrogen-bond acceptors (Lipinski definition) is 2. The Hall–Kier alpha value is -0.760. The van der Waals surface area contributed by atoms with Gasteiger partial charge in [-0.2, -0.15) is 0 Å². The predicted octanol–water partition coefficient (Wildman–Crippen LogP) is 4.15. The Morgan fingerprint density at radius 1 is 1.39 bits per heavy atom. The molecule has 1 aromatic rings. The van der Waals surface area contributed by atoms with Gasteiger partial charge in [-0.15, -0.1) is 11.6 Å². The molecular weight excluding hydrogens is 244 g/mol. The zero-order valence-electron chi connectivity index (χ0n) is 11.7. The maximum atomic E-state index is 6.03. The number of aryl methyl sites for hydroxylation is 1. The molecule has 100 valence electrons. The van der Waals surface area contributed by atoms with Gasteiger partial charge in [-0.25, -0.2) is 0 Å². The molecule has 0 unspecified atom stereocenters. The Morgan fingerprint density at radius 2 is 2.11 bits per heavy atom. The van der Waals surface area contributed by atoms with E-state index in [-0.39, 0.29) is 0 Å². The summed E-state index contributed by atoms with van der Waals surface area (Å²) < 4.78 is 0. The molecule has 1 fully saturated rings. The quantitative estimate of drug-likeness (QED) is 0.762. The Kier molecular flexibility index (Phi) is 4.16. The molecule has 0 radical (unpaired) electrons. The minimum atomic E-state index is 0.501. The molecule has 0 atom stereocenters. The number of alkyl halides is 1. The van der Waals surface area contributed by atoms with E-state index in [2.05, 4.69) is 29.8 Å². The minimum Gasteiger partial charge on any atom is -0.371 e. The van der Waals surface area contributed by atoms with Crippen molar-refractivity contribution in [3.63, 3.8) is 0 Å². The van der Waals surface area contributed by atoms with E-state index in [1.54, 1.807) is 0 Å². The van der Waals surface area contributed by atoms with Crippen molar-refractivity contribution >= 4 is 17.3 Å². The molecule has 1 aliphatic rings. The first-order chi connectivity index (χ1) is 8.64. The van der Waals surface area contributed by atoms with Gasteiger partial charge in [0.05, 0.1) is 5.88 Å². The molecule has 1 aromatic heterocycles. The van der Waals surface area contributed by atoms with E-state index in [0.29, 0.717) is 11.3 Å². The normalized spacial score (nSPS) is 18.3. The molecule has 0 aliphatic carbocycles. The van der Waals surface area contributed by atoms with E-state index in [0.717, 1.165) is 24.3 Å². The third kappa shape index (κ3) is 2.49. The molecule has 2 heterocycles. The van der Waals surface area contributed by atoms with Crippen LogP contribution in [0.25, 0.3) is 0 Å². The fraction of sp³-hybridized carbons (Fsp3) is 0.667. The standard InChI is InChI=1S/C15H23ClN2/c1-4-15(5-2)6-7-18(11-15)14-8-12(3)17-10-13(14)9-16/h8,10H,4-7,9,11H2,1-3H3. The van der Waals surface area contributed by atoms with Gasteiger partial charge < -0.3 is 4.90 Å². The summed E-state index contributed by atoms with van der Waals surface area (Å²) in [5, 5.41) is 0. The molecule has 1 saturated heterocycles. The van der Waals surface area contributed by atoms with Crippen LogP contribution in [0, 0.1) is 12.3 Å². The molecule has 0 bridgehead atoms. The first kappa shape index (κ1) is 13.7. The highest BCUT2D eigenvalue weighted by atomic mass is 35.5. The monoisotopic (exact) mass is 266 g/mol. The van der Waals surface area contributed by atoms with Crippen LogP contribution in [-0.2, 0) is 5.88 Å². The van der Waals surface area contributed by atoms with Gasteiger partial charge in [0.2, 0.25) is 0 Å². The van der Waals surface area contributed by atoms with Crippen molar-refractivity contribution in [1.82, 2.24) is 4.98 Å². The van der Waals surface area contributed by atoms with Gasteiger partial charge in [0.15, 0.2) is 0 Å². The lowest BCUT2D eigenvalue weighted by Crippen LogP contribution is -2.26. The van der Waals surface area contributed by atoms with E-state index in [9.17, 15) is 0 Å². The topological polar surface area (TPSA) is 16.1 Å². The van der Waals surface area contributed by atoms with Crippen molar-refractivity contribution in [1.29, 1.82) is 0 Å². The van der Waals surface area contributed by atoms with E-state index in [4.69, 9.17) is 11.6 Å². The third-order valence-electron chi connectivity index (χ3n) is 4.52. The summed E-state index contributed by atoms with van der Waals surface area (Å²) in [7, 11) is 0. The van der Waals surface area contributed by atoms with Crippen molar-refractivity contribution in [2.24, 2.45) is 5.41 Å². The van der Waals surface area contributed by atoms with Gasteiger partial charge >= 0.3 is 0 Å². The van der Waals surface area contributed by atoms with Crippen LogP contribution < -0.4 is 4.90 Å². The molecule has 0 aromatic carbocycles. The predicted molar refractivity (Wildman–Crippen MR) is 78.4 cm³/mol. The molecule has 0 amide bonds. The van der Waals surface area contributed by atoms with Crippen LogP contribution in [-0.4, -0.2) is 18.1 Å². The average molecular weight is 267 g/mol. The van der Waals surface area contributed by atoms with Crippen LogP contribution in [0.1, 0.15) is 44.4 Å². The molecule has 0 spiro atoms. The molecular formula is C15H23ClN2. The number of anilines is 1. The highest BCUT2D eigenvalue weighted by Crippen LogP contribution is 2.40. The van der Waals surface area contributed by atoms with Crippen molar-refractivity contribution in [3.8, 4) is 0 Å². The second-order valence-corrected chi connectivity index (χ2v) is 5.73. The first-order valence-corrected chi connectivity index (χ1v) is 7.44. The van der Waals surface area contributed by atoms with Crippen LogP contribution in [0.5, 0.6) is 0 Å². The lowest BCUT2D eigenvalue weighted by Gasteiger charge is -2.28. The SMILES string of the molecule is CCC1(CC)CCN(c2cc(C)ncc2CCl)C1. The van der Waals surface area contributed by atoms with E-state index in [1.807, 2.05) is 13.1 Å². The second-order valence-electron chi connectivity index (χ2n) is 5.47. The van der Waals surface area contributed by atoms with Crippen molar-refractivity contribution in [3.05, 3.63) is 23.5 Å². The number of rotatable bonds is 4. The lowest BCUT2D eigenvalue weighted by molar-refractivity contribution is 0.301. The Labute approximate surface area is 115 Å².